The molecule has 1 heterocycles. The van der Waals surface area contributed by atoms with Crippen LogP contribution in [0.2, 0.25) is 0 Å². The Bertz CT molecular complexity index is 489. The van der Waals surface area contributed by atoms with E-state index in [1.807, 2.05) is 0 Å². The zero-order chi connectivity index (χ0) is 17.6. The first-order valence-electron chi connectivity index (χ1n) is 7.61. The number of rotatable bonds is 4. The topological polar surface area (TPSA) is 58.6 Å². The van der Waals surface area contributed by atoms with Crippen LogP contribution in [0.1, 0.15) is 27.7 Å². The Balaban J connectivity index is 1.68. The SMILES string of the molecule is CC1(C)C2CN(C(=O)CNC(=O)OCC(C)(C)C(F)(F)F)CC21. The Morgan fingerprint density at radius 2 is 1.74 bits per heavy atom. The maximum absolute atomic E-state index is 12.6. The molecule has 23 heavy (non-hydrogen) atoms. The normalized spacial score (nSPS) is 25.8. The summed E-state index contributed by atoms with van der Waals surface area (Å²) in [5.74, 6) is 0.775. The molecule has 2 unspecified atom stereocenters. The lowest BCUT2D eigenvalue weighted by Gasteiger charge is -2.27. The van der Waals surface area contributed by atoms with Gasteiger partial charge in [-0.05, 0) is 31.1 Å². The molecule has 2 atom stereocenters. The predicted octanol–water partition coefficient (Wildman–Crippen LogP) is 2.42. The van der Waals surface area contributed by atoms with Gasteiger partial charge in [-0.3, -0.25) is 4.79 Å². The molecule has 0 spiro atoms. The quantitative estimate of drug-likeness (QED) is 0.858. The van der Waals surface area contributed by atoms with Crippen molar-refractivity contribution >= 4 is 12.0 Å². The Hall–Kier alpha value is -1.47. The van der Waals surface area contributed by atoms with Crippen molar-refractivity contribution in [2.24, 2.45) is 22.7 Å². The van der Waals surface area contributed by atoms with Gasteiger partial charge in [-0.1, -0.05) is 13.8 Å². The minimum Gasteiger partial charge on any atom is -0.449 e. The van der Waals surface area contributed by atoms with Crippen molar-refractivity contribution in [3.63, 3.8) is 0 Å². The summed E-state index contributed by atoms with van der Waals surface area (Å²) < 4.78 is 42.5. The summed E-state index contributed by atoms with van der Waals surface area (Å²) >= 11 is 0. The molecule has 5 nitrogen and oxygen atoms in total. The van der Waals surface area contributed by atoms with Gasteiger partial charge in [-0.15, -0.1) is 0 Å². The van der Waals surface area contributed by atoms with Crippen LogP contribution in [0.3, 0.4) is 0 Å². The van der Waals surface area contributed by atoms with Gasteiger partial charge in [-0.25, -0.2) is 4.79 Å². The number of halogens is 3. The molecule has 132 valence electrons. The van der Waals surface area contributed by atoms with Crippen LogP contribution < -0.4 is 5.32 Å². The van der Waals surface area contributed by atoms with Crippen molar-refractivity contribution in [3.8, 4) is 0 Å². The van der Waals surface area contributed by atoms with Crippen molar-refractivity contribution in [2.45, 2.75) is 33.9 Å². The number of alkyl carbamates (subject to hydrolysis) is 1. The molecule has 1 saturated heterocycles. The van der Waals surface area contributed by atoms with Crippen LogP contribution in [0.5, 0.6) is 0 Å². The highest BCUT2D eigenvalue weighted by Gasteiger charge is 2.62. The third-order valence-electron chi connectivity index (χ3n) is 5.19. The van der Waals surface area contributed by atoms with Crippen molar-refractivity contribution in [1.29, 1.82) is 0 Å². The van der Waals surface area contributed by atoms with Crippen molar-refractivity contribution < 1.29 is 27.5 Å². The highest BCUT2D eigenvalue weighted by molar-refractivity contribution is 5.82. The summed E-state index contributed by atoms with van der Waals surface area (Å²) in [7, 11) is 0. The molecule has 1 aliphatic carbocycles. The number of carbonyl (C=O) groups is 2. The van der Waals surface area contributed by atoms with E-state index in [1.165, 1.54) is 0 Å². The van der Waals surface area contributed by atoms with E-state index in [4.69, 9.17) is 0 Å². The standard InChI is InChI=1S/C15H23F3N2O3/c1-13(2,15(16,17)18)8-23-12(22)19-5-11(21)20-6-9-10(7-20)14(9,3)4/h9-10H,5-8H2,1-4H3,(H,19,22). The predicted molar refractivity (Wildman–Crippen MR) is 76.5 cm³/mol. The maximum Gasteiger partial charge on any atom is 0.407 e. The molecule has 0 aromatic carbocycles. The fraction of sp³-hybridized carbons (Fsp3) is 0.867. The molecule has 2 amide bonds. The number of amides is 2. The summed E-state index contributed by atoms with van der Waals surface area (Å²) in [6, 6.07) is 0. The van der Waals surface area contributed by atoms with Gasteiger partial charge < -0.3 is 15.0 Å². The maximum atomic E-state index is 12.6. The summed E-state index contributed by atoms with van der Waals surface area (Å²) in [6.45, 7) is 6.53. The molecule has 1 saturated carbocycles. The molecular weight excluding hydrogens is 313 g/mol. The molecule has 0 radical (unpaired) electrons. The number of likely N-dealkylation sites (tertiary alicyclic amines) is 1. The molecule has 2 fully saturated rings. The number of nitrogens with zero attached hydrogens (tertiary/aromatic N) is 1. The van der Waals surface area contributed by atoms with Gasteiger partial charge >= 0.3 is 12.3 Å². The number of piperidine rings is 1. The van der Waals surface area contributed by atoms with E-state index < -0.39 is 24.3 Å². The number of fused-ring (bicyclic) bond motifs is 1. The molecule has 0 bridgehead atoms. The molecule has 1 aliphatic heterocycles. The number of ether oxygens (including phenoxy) is 1. The molecule has 0 aromatic rings. The van der Waals surface area contributed by atoms with Crippen molar-refractivity contribution in [1.82, 2.24) is 10.2 Å². The van der Waals surface area contributed by atoms with E-state index in [0.29, 0.717) is 24.9 Å². The van der Waals surface area contributed by atoms with Crippen LogP contribution in [0.4, 0.5) is 18.0 Å². The summed E-state index contributed by atoms with van der Waals surface area (Å²) in [5, 5.41) is 2.21. The Morgan fingerprint density at radius 3 is 2.22 bits per heavy atom. The highest BCUT2D eigenvalue weighted by Crippen LogP contribution is 2.61. The van der Waals surface area contributed by atoms with Crippen molar-refractivity contribution in [2.75, 3.05) is 26.2 Å². The van der Waals surface area contributed by atoms with E-state index in [1.54, 1.807) is 4.90 Å². The summed E-state index contributed by atoms with van der Waals surface area (Å²) in [5.41, 5.74) is -1.84. The first-order chi connectivity index (χ1) is 10.4. The highest BCUT2D eigenvalue weighted by atomic mass is 19.4. The number of carbonyl (C=O) groups excluding carboxylic acids is 2. The van der Waals surface area contributed by atoms with Gasteiger partial charge in [0.15, 0.2) is 0 Å². The lowest BCUT2D eigenvalue weighted by Crippen LogP contribution is -2.43. The largest absolute Gasteiger partial charge is 0.449 e. The van der Waals surface area contributed by atoms with Crippen molar-refractivity contribution in [3.05, 3.63) is 0 Å². The Kier molecular flexibility index (Phi) is 4.32. The number of alkyl halides is 3. The average Bonchev–Trinajstić information content (AvgIpc) is 2.81. The molecule has 0 aromatic heterocycles. The molecular formula is C15H23F3N2O3. The van der Waals surface area contributed by atoms with Gasteiger partial charge in [0, 0.05) is 13.1 Å². The second-order valence-corrected chi connectivity index (χ2v) is 7.64. The Labute approximate surface area is 133 Å². The first kappa shape index (κ1) is 17.9. The van der Waals surface area contributed by atoms with E-state index in [2.05, 4.69) is 23.9 Å². The Morgan fingerprint density at radius 1 is 1.22 bits per heavy atom. The first-order valence-corrected chi connectivity index (χ1v) is 7.61. The van der Waals surface area contributed by atoms with Crippen LogP contribution in [0.25, 0.3) is 0 Å². The fourth-order valence-electron chi connectivity index (χ4n) is 2.97. The second-order valence-electron chi connectivity index (χ2n) is 7.64. The van der Waals surface area contributed by atoms with E-state index >= 15 is 0 Å². The smallest absolute Gasteiger partial charge is 0.407 e. The zero-order valence-corrected chi connectivity index (χ0v) is 13.8. The molecule has 8 heteroatoms. The molecule has 1 N–H and O–H groups in total. The van der Waals surface area contributed by atoms with E-state index in [-0.39, 0.29) is 17.9 Å². The lowest BCUT2D eigenvalue weighted by molar-refractivity contribution is -0.221. The van der Waals surface area contributed by atoms with Crippen LogP contribution in [-0.2, 0) is 9.53 Å². The van der Waals surface area contributed by atoms with Gasteiger partial charge in [0.2, 0.25) is 5.91 Å². The third kappa shape index (κ3) is 3.55. The third-order valence-corrected chi connectivity index (χ3v) is 5.19. The summed E-state index contributed by atoms with van der Waals surface area (Å²) in [6.07, 6.45) is -5.48. The molecule has 2 rings (SSSR count). The van der Waals surface area contributed by atoms with Gasteiger partial charge in [0.25, 0.3) is 0 Å². The number of hydrogen-bond acceptors (Lipinski definition) is 3. The zero-order valence-electron chi connectivity index (χ0n) is 13.8. The number of nitrogens with one attached hydrogen (secondary N) is 1. The van der Waals surface area contributed by atoms with Gasteiger partial charge in [-0.2, -0.15) is 13.2 Å². The van der Waals surface area contributed by atoms with Gasteiger partial charge in [0.05, 0.1) is 5.41 Å². The monoisotopic (exact) mass is 336 g/mol. The van der Waals surface area contributed by atoms with E-state index in [9.17, 15) is 22.8 Å². The molecule has 2 aliphatic rings. The lowest BCUT2D eigenvalue weighted by atomic mass is 9.94. The minimum absolute atomic E-state index is 0.236. The van der Waals surface area contributed by atoms with Crippen LogP contribution in [0, 0.1) is 22.7 Å². The van der Waals surface area contributed by atoms with Crippen LogP contribution in [-0.4, -0.2) is 49.3 Å². The van der Waals surface area contributed by atoms with E-state index in [0.717, 1.165) is 13.8 Å². The van der Waals surface area contributed by atoms with Gasteiger partial charge in [0.1, 0.15) is 13.2 Å². The summed E-state index contributed by atoms with van der Waals surface area (Å²) in [4.78, 5) is 25.1. The number of hydrogen-bond donors (Lipinski definition) is 1. The average molecular weight is 336 g/mol. The minimum atomic E-state index is -4.47. The van der Waals surface area contributed by atoms with Crippen LogP contribution in [0.15, 0.2) is 0 Å². The fourth-order valence-corrected chi connectivity index (χ4v) is 2.97. The second kappa shape index (κ2) is 5.56. The van der Waals surface area contributed by atoms with Crippen LogP contribution >= 0.6 is 0 Å².